The number of rotatable bonds is 4. The molecule has 0 aliphatic rings. The molecule has 1 unspecified atom stereocenters. The van der Waals surface area contributed by atoms with Crippen molar-refractivity contribution in [1.29, 1.82) is 0 Å². The van der Waals surface area contributed by atoms with Gasteiger partial charge in [0.25, 0.3) is 0 Å². The third-order valence-corrected chi connectivity index (χ3v) is 4.94. The highest BCUT2D eigenvalue weighted by Gasteiger charge is 2.34. The van der Waals surface area contributed by atoms with Crippen LogP contribution >= 0.6 is 11.6 Å². The van der Waals surface area contributed by atoms with E-state index in [1.807, 2.05) is 0 Å². The maximum atomic E-state index is 12.8. The van der Waals surface area contributed by atoms with Crippen LogP contribution in [-0.2, 0) is 16.2 Å². The number of sulfonamides is 1. The van der Waals surface area contributed by atoms with E-state index in [4.69, 9.17) is 16.0 Å². The summed E-state index contributed by atoms with van der Waals surface area (Å²) < 4.78 is 70.6. The van der Waals surface area contributed by atoms with Gasteiger partial charge in [0.2, 0.25) is 10.0 Å². The number of nitrogens with one attached hydrogen (secondary N) is 1. The van der Waals surface area contributed by atoms with Gasteiger partial charge in [0.1, 0.15) is 11.5 Å². The van der Waals surface area contributed by atoms with Gasteiger partial charge in [0.15, 0.2) is 0 Å². The molecule has 0 radical (unpaired) electrons. The Bertz CT molecular complexity index is 815. The molecule has 2 rings (SSSR count). The van der Waals surface area contributed by atoms with Crippen LogP contribution in [0.3, 0.4) is 0 Å². The largest absolute Gasteiger partial charge is 0.465 e. The van der Waals surface area contributed by atoms with Crippen molar-refractivity contribution in [3.8, 4) is 0 Å². The summed E-state index contributed by atoms with van der Waals surface area (Å²) >= 11 is 5.49. The number of benzene rings is 1. The summed E-state index contributed by atoms with van der Waals surface area (Å²) in [7, 11) is -4.17. The van der Waals surface area contributed by atoms with Gasteiger partial charge < -0.3 is 4.42 Å². The van der Waals surface area contributed by atoms with E-state index < -0.39 is 37.7 Å². The van der Waals surface area contributed by atoms with Gasteiger partial charge >= 0.3 is 6.18 Å². The van der Waals surface area contributed by atoms with Gasteiger partial charge in [-0.1, -0.05) is 11.6 Å². The first kappa shape index (κ1) is 17.8. The van der Waals surface area contributed by atoms with Crippen LogP contribution in [0.25, 0.3) is 0 Å². The molecule has 1 heterocycles. The van der Waals surface area contributed by atoms with Crippen molar-refractivity contribution >= 4 is 21.6 Å². The van der Waals surface area contributed by atoms with Gasteiger partial charge in [-0.25, -0.2) is 13.1 Å². The molecule has 2 aromatic rings. The number of alkyl halides is 3. The summed E-state index contributed by atoms with van der Waals surface area (Å²) in [4.78, 5) is -0.524. The summed E-state index contributed by atoms with van der Waals surface area (Å²) in [5.74, 6) is 0.952. The predicted octanol–water partition coefficient (Wildman–Crippen LogP) is 4.30. The molecule has 0 saturated heterocycles. The molecule has 0 bridgehead atoms. The Hall–Kier alpha value is -1.51. The highest BCUT2D eigenvalue weighted by molar-refractivity contribution is 7.89. The number of hydrogen-bond acceptors (Lipinski definition) is 3. The summed E-state index contributed by atoms with van der Waals surface area (Å²) in [6.07, 6.45) is -4.74. The van der Waals surface area contributed by atoms with Gasteiger partial charge in [0.05, 0.1) is 21.5 Å². The summed E-state index contributed by atoms with van der Waals surface area (Å²) in [5, 5.41) is -0.564. The van der Waals surface area contributed by atoms with Crippen molar-refractivity contribution in [1.82, 2.24) is 4.72 Å². The third-order valence-electron chi connectivity index (χ3n) is 3.07. The number of aryl methyl sites for hydroxylation is 1. The minimum Gasteiger partial charge on any atom is -0.465 e. The first-order valence-corrected chi connectivity index (χ1v) is 8.32. The maximum absolute atomic E-state index is 12.8. The molecule has 0 aliphatic carbocycles. The second-order valence-corrected chi connectivity index (χ2v) is 7.05. The summed E-state index contributed by atoms with van der Waals surface area (Å²) in [6, 6.07) is 4.93. The van der Waals surface area contributed by atoms with Gasteiger partial charge in [-0.2, -0.15) is 13.2 Å². The first-order chi connectivity index (χ1) is 10.5. The smallest absolute Gasteiger partial charge is 0.417 e. The van der Waals surface area contributed by atoms with E-state index in [-0.39, 0.29) is 0 Å². The van der Waals surface area contributed by atoms with Crippen LogP contribution in [0, 0.1) is 6.92 Å². The lowest BCUT2D eigenvalue weighted by atomic mass is 10.2. The molecule has 1 aromatic heterocycles. The zero-order valence-corrected chi connectivity index (χ0v) is 13.7. The Balaban J connectivity index is 2.33. The average Bonchev–Trinajstić information content (AvgIpc) is 2.84. The normalized spacial score (nSPS) is 14.0. The van der Waals surface area contributed by atoms with E-state index in [0.29, 0.717) is 17.6 Å². The zero-order chi connectivity index (χ0) is 17.4. The SMILES string of the molecule is Cc1ccc(C(C)NS(=O)(=O)c2ccc(Cl)c(C(F)(F)F)c2)o1. The second kappa shape index (κ2) is 6.18. The fraction of sp³-hybridized carbons (Fsp3) is 0.286. The second-order valence-electron chi connectivity index (χ2n) is 4.93. The van der Waals surface area contributed by atoms with Gasteiger partial charge in [-0.15, -0.1) is 0 Å². The molecule has 0 spiro atoms. The highest BCUT2D eigenvalue weighted by Crippen LogP contribution is 2.36. The molecule has 0 saturated carbocycles. The quantitative estimate of drug-likeness (QED) is 0.876. The standard InChI is InChI=1S/C14H13ClF3NO3S/c1-8-3-6-13(22-8)9(2)19-23(20,21)10-4-5-12(15)11(7-10)14(16,17)18/h3-7,9,19H,1-2H3. The van der Waals surface area contributed by atoms with Crippen molar-refractivity contribution in [2.75, 3.05) is 0 Å². The van der Waals surface area contributed by atoms with Crippen LogP contribution in [0.2, 0.25) is 5.02 Å². The lowest BCUT2D eigenvalue weighted by Crippen LogP contribution is -2.27. The maximum Gasteiger partial charge on any atom is 0.417 e. The fourth-order valence-corrected chi connectivity index (χ4v) is 3.40. The minimum absolute atomic E-state index is 0.357. The molecule has 9 heteroatoms. The van der Waals surface area contributed by atoms with Gasteiger partial charge in [0, 0.05) is 0 Å². The topological polar surface area (TPSA) is 59.3 Å². The Labute approximate surface area is 136 Å². The molecule has 0 amide bonds. The molecule has 0 fully saturated rings. The van der Waals surface area contributed by atoms with Crippen molar-refractivity contribution < 1.29 is 26.0 Å². The molecule has 0 aliphatic heterocycles. The molecule has 4 nitrogen and oxygen atoms in total. The molecule has 1 atom stereocenters. The Morgan fingerprint density at radius 2 is 1.87 bits per heavy atom. The molecule has 126 valence electrons. The number of halogens is 4. The number of furan rings is 1. The number of hydrogen-bond donors (Lipinski definition) is 1. The lowest BCUT2D eigenvalue weighted by molar-refractivity contribution is -0.137. The third kappa shape index (κ3) is 4.07. The molecule has 23 heavy (non-hydrogen) atoms. The van der Waals surface area contributed by atoms with Crippen molar-refractivity contribution in [2.45, 2.75) is 31.0 Å². The Morgan fingerprint density at radius 1 is 1.22 bits per heavy atom. The van der Waals surface area contributed by atoms with E-state index in [1.54, 1.807) is 19.1 Å². The average molecular weight is 368 g/mol. The van der Waals surface area contributed by atoms with Crippen LogP contribution < -0.4 is 4.72 Å². The van der Waals surface area contributed by atoms with Crippen LogP contribution in [-0.4, -0.2) is 8.42 Å². The van der Waals surface area contributed by atoms with E-state index in [2.05, 4.69) is 4.72 Å². The van der Waals surface area contributed by atoms with Gasteiger partial charge in [-0.05, 0) is 44.2 Å². The first-order valence-electron chi connectivity index (χ1n) is 6.46. The van der Waals surface area contributed by atoms with Crippen LogP contribution in [0.15, 0.2) is 39.6 Å². The van der Waals surface area contributed by atoms with E-state index >= 15 is 0 Å². The summed E-state index contributed by atoms with van der Waals surface area (Å²) in [5.41, 5.74) is -1.21. The van der Waals surface area contributed by atoms with Crippen LogP contribution in [0.1, 0.15) is 30.0 Å². The Kier molecular flexibility index (Phi) is 4.79. The minimum atomic E-state index is -4.74. The molecule has 1 N–H and O–H groups in total. The van der Waals surface area contributed by atoms with Gasteiger partial charge in [-0.3, -0.25) is 0 Å². The van der Waals surface area contributed by atoms with E-state index in [1.165, 1.54) is 6.92 Å². The zero-order valence-electron chi connectivity index (χ0n) is 12.1. The lowest BCUT2D eigenvalue weighted by Gasteiger charge is -2.14. The van der Waals surface area contributed by atoms with E-state index in [9.17, 15) is 21.6 Å². The van der Waals surface area contributed by atoms with Crippen molar-refractivity contribution in [3.63, 3.8) is 0 Å². The Morgan fingerprint density at radius 3 is 2.39 bits per heavy atom. The molecule has 1 aromatic carbocycles. The van der Waals surface area contributed by atoms with Crippen molar-refractivity contribution in [2.24, 2.45) is 0 Å². The molecular weight excluding hydrogens is 355 g/mol. The fourth-order valence-electron chi connectivity index (χ4n) is 1.93. The predicted molar refractivity (Wildman–Crippen MR) is 78.6 cm³/mol. The van der Waals surface area contributed by atoms with Crippen molar-refractivity contribution in [3.05, 3.63) is 52.4 Å². The van der Waals surface area contributed by atoms with Crippen LogP contribution in [0.5, 0.6) is 0 Å². The summed E-state index contributed by atoms with van der Waals surface area (Å²) in [6.45, 7) is 3.22. The monoisotopic (exact) mass is 367 g/mol. The van der Waals surface area contributed by atoms with Crippen LogP contribution in [0.4, 0.5) is 13.2 Å². The van der Waals surface area contributed by atoms with E-state index in [0.717, 1.165) is 12.1 Å². The highest BCUT2D eigenvalue weighted by atomic mass is 35.5. The molecular formula is C14H13ClF3NO3S.